The summed E-state index contributed by atoms with van der Waals surface area (Å²) in [4.78, 5) is 25.8. The summed E-state index contributed by atoms with van der Waals surface area (Å²) in [5, 5.41) is 15.4. The van der Waals surface area contributed by atoms with E-state index in [2.05, 4.69) is 34.9 Å². The Bertz CT molecular complexity index is 1130. The maximum Gasteiger partial charge on any atom is 0.407 e. The first-order valence-corrected chi connectivity index (χ1v) is 13.6. The molecule has 0 fully saturated rings. The van der Waals surface area contributed by atoms with E-state index in [1.807, 2.05) is 60.9 Å². The predicted molar refractivity (Wildman–Crippen MR) is 144 cm³/mol. The molecule has 3 N–H and O–H groups in total. The van der Waals surface area contributed by atoms with Crippen molar-refractivity contribution in [2.75, 3.05) is 25.2 Å². The topological polar surface area (TPSA) is 87.7 Å². The molecule has 36 heavy (non-hydrogen) atoms. The van der Waals surface area contributed by atoms with E-state index < -0.39 is 18.2 Å². The molecular formula is C29H32N2O4S. The first-order chi connectivity index (χ1) is 17.6. The quantitative estimate of drug-likeness (QED) is 0.361. The number of hydrogen-bond acceptors (Lipinski definition) is 5. The zero-order valence-electron chi connectivity index (χ0n) is 20.4. The Kier molecular flexibility index (Phi) is 9.03. The number of ether oxygens (including phenoxy) is 1. The van der Waals surface area contributed by atoms with Crippen molar-refractivity contribution in [3.63, 3.8) is 0 Å². The van der Waals surface area contributed by atoms with Crippen LogP contribution in [0.15, 0.2) is 78.9 Å². The molecule has 0 saturated heterocycles. The Labute approximate surface area is 216 Å². The number of nitrogens with one attached hydrogen (secondary N) is 2. The van der Waals surface area contributed by atoms with Gasteiger partial charge in [-0.1, -0.05) is 78.9 Å². The van der Waals surface area contributed by atoms with Crippen LogP contribution in [-0.2, 0) is 16.0 Å². The van der Waals surface area contributed by atoms with Crippen LogP contribution < -0.4 is 10.6 Å². The number of alkyl carbamates (subject to hydrolysis) is 1. The van der Waals surface area contributed by atoms with Crippen molar-refractivity contribution in [1.82, 2.24) is 10.6 Å². The molecule has 3 aromatic rings. The van der Waals surface area contributed by atoms with Crippen LogP contribution in [0, 0.1) is 0 Å². The van der Waals surface area contributed by atoms with Crippen LogP contribution in [0.25, 0.3) is 11.1 Å². The van der Waals surface area contributed by atoms with Crippen LogP contribution in [0.1, 0.15) is 29.0 Å². The maximum absolute atomic E-state index is 13.0. The summed E-state index contributed by atoms with van der Waals surface area (Å²) >= 11 is 1.60. The molecule has 1 aliphatic rings. The molecule has 2 amide bonds. The van der Waals surface area contributed by atoms with Crippen LogP contribution in [0.3, 0.4) is 0 Å². The highest BCUT2D eigenvalue weighted by Gasteiger charge is 2.30. The Balaban J connectivity index is 1.37. The van der Waals surface area contributed by atoms with Gasteiger partial charge in [0.1, 0.15) is 12.6 Å². The average Bonchev–Trinajstić information content (AvgIpc) is 3.23. The molecule has 0 heterocycles. The lowest BCUT2D eigenvalue weighted by molar-refractivity contribution is -0.124. The van der Waals surface area contributed by atoms with Gasteiger partial charge in [0, 0.05) is 5.92 Å². The van der Waals surface area contributed by atoms with Gasteiger partial charge in [0.15, 0.2) is 0 Å². The van der Waals surface area contributed by atoms with E-state index in [0.29, 0.717) is 18.6 Å². The highest BCUT2D eigenvalue weighted by Crippen LogP contribution is 2.44. The summed E-state index contributed by atoms with van der Waals surface area (Å²) in [6, 6.07) is 24.8. The van der Waals surface area contributed by atoms with Gasteiger partial charge in [0.05, 0.1) is 12.6 Å². The fourth-order valence-electron chi connectivity index (χ4n) is 4.65. The summed E-state index contributed by atoms with van der Waals surface area (Å²) in [7, 11) is 0. The van der Waals surface area contributed by atoms with E-state index in [1.165, 1.54) is 0 Å². The van der Waals surface area contributed by atoms with Crippen molar-refractivity contribution in [2.24, 2.45) is 0 Å². The highest BCUT2D eigenvalue weighted by atomic mass is 32.2. The maximum atomic E-state index is 13.0. The van der Waals surface area contributed by atoms with Gasteiger partial charge in [0.25, 0.3) is 0 Å². The van der Waals surface area contributed by atoms with Gasteiger partial charge in [-0.25, -0.2) is 4.79 Å². The van der Waals surface area contributed by atoms with Crippen molar-refractivity contribution in [3.8, 4) is 11.1 Å². The Morgan fingerprint density at radius 1 is 0.917 bits per heavy atom. The van der Waals surface area contributed by atoms with E-state index >= 15 is 0 Å². The molecule has 0 aromatic heterocycles. The van der Waals surface area contributed by atoms with E-state index in [4.69, 9.17) is 4.74 Å². The van der Waals surface area contributed by atoms with Gasteiger partial charge in [-0.15, -0.1) is 0 Å². The summed E-state index contributed by atoms with van der Waals surface area (Å²) in [6.07, 6.45) is 2.29. The number of aliphatic hydroxyl groups is 1. The molecule has 0 spiro atoms. The molecule has 0 unspecified atom stereocenters. The Morgan fingerprint density at radius 3 is 2.14 bits per heavy atom. The van der Waals surface area contributed by atoms with Gasteiger partial charge in [-0.2, -0.15) is 11.8 Å². The summed E-state index contributed by atoms with van der Waals surface area (Å²) in [6.45, 7) is -0.00910. The minimum absolute atomic E-state index is 0.0498. The third-order valence-corrected chi connectivity index (χ3v) is 7.10. The number of fused-ring (bicyclic) bond motifs is 3. The number of amides is 2. The number of carbonyl (C=O) groups is 2. The number of hydrogen-bond donors (Lipinski definition) is 3. The lowest BCUT2D eigenvalue weighted by Crippen LogP contribution is -2.51. The zero-order chi connectivity index (χ0) is 25.3. The molecule has 0 saturated carbocycles. The first kappa shape index (κ1) is 25.8. The fraction of sp³-hybridized carbons (Fsp3) is 0.310. The SMILES string of the molecule is CSCC[C@H](NC(=O)OCC1c2ccccc2-c2ccccc21)C(=O)N[C@H](CO)Cc1ccccc1. The van der Waals surface area contributed by atoms with Crippen LogP contribution in [0.5, 0.6) is 0 Å². The lowest BCUT2D eigenvalue weighted by Gasteiger charge is -2.23. The lowest BCUT2D eigenvalue weighted by atomic mass is 9.98. The third-order valence-electron chi connectivity index (χ3n) is 6.45. The second kappa shape index (κ2) is 12.6. The van der Waals surface area contributed by atoms with Crippen molar-refractivity contribution in [3.05, 3.63) is 95.6 Å². The molecule has 0 aliphatic heterocycles. The molecule has 188 valence electrons. The predicted octanol–water partition coefficient (Wildman–Crippen LogP) is 4.37. The van der Waals surface area contributed by atoms with E-state index in [9.17, 15) is 14.7 Å². The van der Waals surface area contributed by atoms with Crippen molar-refractivity contribution in [2.45, 2.75) is 30.8 Å². The minimum atomic E-state index is -0.752. The van der Waals surface area contributed by atoms with Crippen LogP contribution in [0.4, 0.5) is 4.79 Å². The summed E-state index contributed by atoms with van der Waals surface area (Å²) in [5.41, 5.74) is 5.60. The standard InChI is InChI=1S/C29H32N2O4S/c1-36-16-15-27(28(33)30-21(18-32)17-20-9-3-2-4-10-20)31-29(34)35-19-26-24-13-7-5-11-22(24)23-12-6-8-14-25(23)26/h2-14,21,26-27,32H,15-19H2,1H3,(H,30,33)(H,31,34)/t21-,27-/m0/s1. The number of carbonyl (C=O) groups excluding carboxylic acids is 2. The molecule has 2 atom stereocenters. The average molecular weight is 505 g/mol. The number of benzene rings is 3. The molecule has 3 aromatic carbocycles. The molecule has 4 rings (SSSR count). The van der Waals surface area contributed by atoms with Gasteiger partial charge in [-0.3, -0.25) is 4.79 Å². The van der Waals surface area contributed by atoms with E-state index in [1.54, 1.807) is 11.8 Å². The molecule has 1 aliphatic carbocycles. The first-order valence-electron chi connectivity index (χ1n) is 12.2. The van der Waals surface area contributed by atoms with Gasteiger partial charge in [0.2, 0.25) is 5.91 Å². The normalized spacial score (nSPS) is 13.8. The Hall–Kier alpha value is -3.29. The fourth-order valence-corrected chi connectivity index (χ4v) is 5.12. The van der Waals surface area contributed by atoms with Gasteiger partial charge < -0.3 is 20.5 Å². The molecule has 6 nitrogen and oxygen atoms in total. The van der Waals surface area contributed by atoms with Crippen molar-refractivity contribution in [1.29, 1.82) is 0 Å². The Morgan fingerprint density at radius 2 is 1.53 bits per heavy atom. The molecular weight excluding hydrogens is 472 g/mol. The minimum Gasteiger partial charge on any atom is -0.449 e. The van der Waals surface area contributed by atoms with Crippen LogP contribution in [-0.4, -0.2) is 54.4 Å². The number of thioether (sulfide) groups is 1. The van der Waals surface area contributed by atoms with Crippen molar-refractivity contribution < 1.29 is 19.4 Å². The zero-order valence-corrected chi connectivity index (χ0v) is 21.2. The van der Waals surface area contributed by atoms with Crippen LogP contribution in [0.2, 0.25) is 0 Å². The molecule has 0 radical (unpaired) electrons. The van der Waals surface area contributed by atoms with Crippen molar-refractivity contribution >= 4 is 23.8 Å². The molecule has 0 bridgehead atoms. The van der Waals surface area contributed by atoms with Crippen LogP contribution >= 0.6 is 11.8 Å². The highest BCUT2D eigenvalue weighted by molar-refractivity contribution is 7.98. The second-order valence-corrected chi connectivity index (χ2v) is 9.87. The molecule has 7 heteroatoms. The summed E-state index contributed by atoms with van der Waals surface area (Å²) in [5.74, 6) is 0.323. The third kappa shape index (κ3) is 6.28. The van der Waals surface area contributed by atoms with Gasteiger partial charge >= 0.3 is 6.09 Å². The summed E-state index contributed by atoms with van der Waals surface area (Å²) < 4.78 is 5.64. The number of rotatable bonds is 11. The van der Waals surface area contributed by atoms with E-state index in [-0.39, 0.29) is 25.0 Å². The monoisotopic (exact) mass is 504 g/mol. The number of aliphatic hydroxyl groups excluding tert-OH is 1. The van der Waals surface area contributed by atoms with Gasteiger partial charge in [-0.05, 0) is 52.7 Å². The second-order valence-electron chi connectivity index (χ2n) is 8.88. The largest absolute Gasteiger partial charge is 0.449 e. The smallest absolute Gasteiger partial charge is 0.407 e. The van der Waals surface area contributed by atoms with E-state index in [0.717, 1.165) is 27.8 Å².